The Morgan fingerprint density at radius 1 is 1.09 bits per heavy atom. The van der Waals surface area contributed by atoms with Crippen molar-refractivity contribution in [1.29, 1.82) is 0 Å². The van der Waals surface area contributed by atoms with Crippen molar-refractivity contribution in [3.05, 3.63) is 71.5 Å². The molecule has 1 heterocycles. The summed E-state index contributed by atoms with van der Waals surface area (Å²) in [7, 11) is 1.57. The Balaban J connectivity index is 1.27. The minimum absolute atomic E-state index is 0.0839. The lowest BCUT2D eigenvalue weighted by Crippen LogP contribution is -2.61. The molecule has 174 valence electrons. The van der Waals surface area contributed by atoms with E-state index in [1.54, 1.807) is 7.05 Å². The molecule has 0 atom stereocenters. The normalized spacial score (nSPS) is 15.6. The third-order valence-electron chi connectivity index (χ3n) is 6.61. The first kappa shape index (κ1) is 21.7. The highest BCUT2D eigenvalue weighted by molar-refractivity contribution is 6.04. The number of ether oxygens (including phenoxy) is 1. The van der Waals surface area contributed by atoms with Gasteiger partial charge in [-0.25, -0.2) is 9.59 Å². The van der Waals surface area contributed by atoms with Crippen molar-refractivity contribution in [1.82, 2.24) is 15.1 Å². The summed E-state index contributed by atoms with van der Waals surface area (Å²) in [5.74, 6) is -1.82. The number of alkyl carbamates (subject to hydrolysis) is 1. The number of carboxylic acid groups (broad SMARTS) is 1. The minimum Gasteiger partial charge on any atom is -0.476 e. The molecule has 0 bridgehead atoms. The standard InChI is InChI=1S/C25H24N4O5/c1-29-13-20(21(28-29)22(30)31)26-23(32)25(11-6-12-25)27-24(33)34-14-19-17-9-4-2-7-15(17)16-8-3-5-10-18(16)19/h2-5,7-10,13,19H,6,11-12,14H2,1H3,(H,26,32)(H,27,33)(H,30,31). The van der Waals surface area contributed by atoms with Crippen LogP contribution in [-0.2, 0) is 16.6 Å². The zero-order valence-corrected chi connectivity index (χ0v) is 18.6. The van der Waals surface area contributed by atoms with Gasteiger partial charge in [0.05, 0.1) is 5.69 Å². The van der Waals surface area contributed by atoms with Crippen LogP contribution in [0.1, 0.15) is 46.8 Å². The van der Waals surface area contributed by atoms with Crippen LogP contribution in [0.15, 0.2) is 54.7 Å². The molecule has 1 aromatic heterocycles. The van der Waals surface area contributed by atoms with Gasteiger partial charge in [-0.2, -0.15) is 5.10 Å². The van der Waals surface area contributed by atoms with Gasteiger partial charge >= 0.3 is 12.1 Å². The maximum Gasteiger partial charge on any atom is 0.408 e. The maximum absolute atomic E-state index is 13.0. The number of amides is 2. The first-order chi connectivity index (χ1) is 16.4. The highest BCUT2D eigenvalue weighted by atomic mass is 16.5. The van der Waals surface area contributed by atoms with Crippen LogP contribution in [-0.4, -0.2) is 45.0 Å². The van der Waals surface area contributed by atoms with Gasteiger partial charge in [-0.05, 0) is 41.5 Å². The molecular formula is C25H24N4O5. The Kier molecular flexibility index (Phi) is 5.31. The molecule has 2 aliphatic carbocycles. The van der Waals surface area contributed by atoms with Gasteiger partial charge in [0.2, 0.25) is 5.91 Å². The predicted octanol–water partition coefficient (Wildman–Crippen LogP) is 3.52. The summed E-state index contributed by atoms with van der Waals surface area (Å²) in [6, 6.07) is 16.1. The monoisotopic (exact) mass is 460 g/mol. The second-order valence-corrected chi connectivity index (χ2v) is 8.71. The molecule has 2 amide bonds. The number of aryl methyl sites for hydroxylation is 1. The van der Waals surface area contributed by atoms with Crippen LogP contribution in [0, 0.1) is 0 Å². The third kappa shape index (κ3) is 3.68. The second kappa shape index (κ2) is 8.33. The van der Waals surface area contributed by atoms with E-state index in [4.69, 9.17) is 4.74 Å². The van der Waals surface area contributed by atoms with Crippen molar-refractivity contribution in [2.24, 2.45) is 7.05 Å². The third-order valence-corrected chi connectivity index (χ3v) is 6.61. The van der Waals surface area contributed by atoms with Crippen molar-refractivity contribution in [2.45, 2.75) is 30.7 Å². The van der Waals surface area contributed by atoms with Crippen LogP contribution < -0.4 is 10.6 Å². The molecule has 9 nitrogen and oxygen atoms in total. The lowest BCUT2D eigenvalue weighted by atomic mass is 9.76. The fourth-order valence-electron chi connectivity index (χ4n) is 4.75. The molecule has 0 aliphatic heterocycles. The summed E-state index contributed by atoms with van der Waals surface area (Å²) >= 11 is 0. The van der Waals surface area contributed by atoms with Gasteiger partial charge in [0.25, 0.3) is 0 Å². The van der Waals surface area contributed by atoms with Gasteiger partial charge in [0, 0.05) is 19.2 Å². The minimum atomic E-state index is -1.25. The van der Waals surface area contributed by atoms with E-state index >= 15 is 0 Å². The summed E-state index contributed by atoms with van der Waals surface area (Å²) < 4.78 is 6.91. The molecule has 0 spiro atoms. The summed E-state index contributed by atoms with van der Waals surface area (Å²) in [4.78, 5) is 37.2. The van der Waals surface area contributed by atoms with Crippen LogP contribution >= 0.6 is 0 Å². The zero-order chi connectivity index (χ0) is 23.9. The number of nitrogens with one attached hydrogen (secondary N) is 2. The topological polar surface area (TPSA) is 123 Å². The maximum atomic E-state index is 13.0. The van der Waals surface area contributed by atoms with E-state index < -0.39 is 23.5 Å². The first-order valence-electron chi connectivity index (χ1n) is 11.1. The number of aromatic carboxylic acids is 1. The highest BCUT2D eigenvalue weighted by Crippen LogP contribution is 2.44. The van der Waals surface area contributed by atoms with Crippen molar-refractivity contribution < 1.29 is 24.2 Å². The zero-order valence-electron chi connectivity index (χ0n) is 18.6. The van der Waals surface area contributed by atoms with Crippen molar-refractivity contribution in [3.8, 4) is 11.1 Å². The molecule has 1 saturated carbocycles. The molecule has 3 N–H and O–H groups in total. The quantitative estimate of drug-likeness (QED) is 0.517. The van der Waals surface area contributed by atoms with Gasteiger partial charge in [0.15, 0.2) is 5.69 Å². The van der Waals surface area contributed by atoms with Gasteiger partial charge in [0.1, 0.15) is 12.1 Å². The highest BCUT2D eigenvalue weighted by Gasteiger charge is 2.46. The largest absolute Gasteiger partial charge is 0.476 e. The summed E-state index contributed by atoms with van der Waals surface area (Å²) in [6.45, 7) is 0.142. The van der Waals surface area contributed by atoms with E-state index in [1.807, 2.05) is 36.4 Å². The Bertz CT molecular complexity index is 1250. The summed E-state index contributed by atoms with van der Waals surface area (Å²) in [5.41, 5.74) is 3.15. The number of carbonyl (C=O) groups is 3. The number of aromatic nitrogens is 2. The number of hydrogen-bond donors (Lipinski definition) is 3. The molecule has 2 aromatic carbocycles. The average Bonchev–Trinajstić information content (AvgIpc) is 3.32. The SMILES string of the molecule is Cn1cc(NC(=O)C2(NC(=O)OCC3c4ccccc4-c4ccccc43)CCC2)c(C(=O)O)n1. The van der Waals surface area contributed by atoms with Crippen LogP contribution in [0.25, 0.3) is 11.1 Å². The lowest BCUT2D eigenvalue weighted by molar-refractivity contribution is -0.125. The first-order valence-corrected chi connectivity index (χ1v) is 11.1. The van der Waals surface area contributed by atoms with Gasteiger partial charge < -0.3 is 20.5 Å². The van der Waals surface area contributed by atoms with Crippen molar-refractivity contribution in [2.75, 3.05) is 11.9 Å². The van der Waals surface area contributed by atoms with E-state index in [9.17, 15) is 19.5 Å². The predicted molar refractivity (Wildman–Crippen MR) is 124 cm³/mol. The fourth-order valence-corrected chi connectivity index (χ4v) is 4.75. The molecule has 34 heavy (non-hydrogen) atoms. The van der Waals surface area contributed by atoms with Crippen LogP contribution in [0.4, 0.5) is 10.5 Å². The van der Waals surface area contributed by atoms with Crippen LogP contribution in [0.2, 0.25) is 0 Å². The van der Waals surface area contributed by atoms with Gasteiger partial charge in [-0.3, -0.25) is 9.48 Å². The molecule has 0 radical (unpaired) electrons. The molecule has 5 rings (SSSR count). The number of rotatable bonds is 6. The molecule has 0 unspecified atom stereocenters. The number of hydrogen-bond acceptors (Lipinski definition) is 5. The van der Waals surface area contributed by atoms with Gasteiger partial charge in [-0.1, -0.05) is 48.5 Å². The number of anilines is 1. The number of fused-ring (bicyclic) bond motifs is 3. The van der Waals surface area contributed by atoms with Crippen LogP contribution in [0.5, 0.6) is 0 Å². The van der Waals surface area contributed by atoms with E-state index in [0.29, 0.717) is 12.8 Å². The molecule has 9 heteroatoms. The molecule has 0 saturated heterocycles. The molecular weight excluding hydrogens is 436 g/mol. The molecule has 1 fully saturated rings. The Morgan fingerprint density at radius 2 is 1.71 bits per heavy atom. The fraction of sp³-hybridized carbons (Fsp3) is 0.280. The Labute approximate surface area is 195 Å². The Hall–Kier alpha value is -4.14. The second-order valence-electron chi connectivity index (χ2n) is 8.71. The van der Waals surface area contributed by atoms with E-state index in [1.165, 1.54) is 10.9 Å². The smallest absolute Gasteiger partial charge is 0.408 e. The number of nitrogens with zero attached hydrogens (tertiary/aromatic N) is 2. The lowest BCUT2D eigenvalue weighted by Gasteiger charge is -2.40. The van der Waals surface area contributed by atoms with Crippen molar-refractivity contribution >= 4 is 23.7 Å². The summed E-state index contributed by atoms with van der Waals surface area (Å²) in [5, 5.41) is 18.5. The van der Waals surface area contributed by atoms with E-state index in [0.717, 1.165) is 28.7 Å². The van der Waals surface area contributed by atoms with E-state index in [2.05, 4.69) is 27.9 Å². The molecule has 3 aromatic rings. The average molecular weight is 460 g/mol. The number of benzene rings is 2. The van der Waals surface area contributed by atoms with Gasteiger partial charge in [-0.15, -0.1) is 0 Å². The number of carboxylic acids is 1. The molecule has 2 aliphatic rings. The van der Waals surface area contributed by atoms with Crippen molar-refractivity contribution in [3.63, 3.8) is 0 Å². The summed E-state index contributed by atoms with van der Waals surface area (Å²) in [6.07, 6.45) is 2.37. The Morgan fingerprint density at radius 3 is 2.26 bits per heavy atom. The van der Waals surface area contributed by atoms with Crippen LogP contribution in [0.3, 0.4) is 0 Å². The van der Waals surface area contributed by atoms with E-state index in [-0.39, 0.29) is 23.9 Å². The number of carbonyl (C=O) groups excluding carboxylic acids is 2.